The molecule has 0 unspecified atom stereocenters. The number of nitrogens with one attached hydrogen (secondary N) is 1. The monoisotopic (exact) mass is 273 g/mol. The van der Waals surface area contributed by atoms with Crippen LogP contribution in [0, 0.1) is 5.92 Å². The van der Waals surface area contributed by atoms with Crippen LogP contribution in [0.4, 0.5) is 5.82 Å². The van der Waals surface area contributed by atoms with Crippen molar-refractivity contribution in [1.29, 1.82) is 0 Å². The molecule has 4 rings (SSSR count). The summed E-state index contributed by atoms with van der Waals surface area (Å²) in [6, 6.07) is 0.660. The summed E-state index contributed by atoms with van der Waals surface area (Å²) in [5.74, 6) is 1.94. The quantitative estimate of drug-likeness (QED) is 0.874. The van der Waals surface area contributed by atoms with E-state index in [0.29, 0.717) is 11.7 Å². The predicted molar refractivity (Wildman–Crippen MR) is 74.5 cm³/mol. The molecule has 2 aromatic heterocycles. The first kappa shape index (κ1) is 12.0. The molecule has 0 atom stereocenters. The van der Waals surface area contributed by atoms with E-state index in [1.807, 2.05) is 6.20 Å². The first-order chi connectivity index (χ1) is 9.90. The molecule has 3 heterocycles. The van der Waals surface area contributed by atoms with E-state index in [1.54, 1.807) is 10.7 Å². The van der Waals surface area contributed by atoms with Gasteiger partial charge in [-0.25, -0.2) is 0 Å². The Labute approximate surface area is 117 Å². The number of hydrogen-bond acceptors (Lipinski definition) is 6. The molecular formula is C13H19N7. The van der Waals surface area contributed by atoms with Crippen molar-refractivity contribution in [2.75, 3.05) is 24.5 Å². The van der Waals surface area contributed by atoms with Crippen LogP contribution in [0.2, 0.25) is 0 Å². The van der Waals surface area contributed by atoms with Crippen LogP contribution in [0.5, 0.6) is 0 Å². The number of hydrogen-bond donors (Lipinski definition) is 1. The summed E-state index contributed by atoms with van der Waals surface area (Å²) < 4.78 is 1.77. The molecule has 2 aromatic rings. The maximum atomic E-state index is 4.23. The van der Waals surface area contributed by atoms with E-state index in [9.17, 15) is 0 Å². The van der Waals surface area contributed by atoms with Crippen molar-refractivity contribution in [2.45, 2.75) is 31.7 Å². The summed E-state index contributed by atoms with van der Waals surface area (Å²) in [6.07, 6.45) is 8.71. The van der Waals surface area contributed by atoms with E-state index in [-0.39, 0.29) is 0 Å². The van der Waals surface area contributed by atoms with Crippen LogP contribution >= 0.6 is 0 Å². The van der Waals surface area contributed by atoms with Crippen LogP contribution in [-0.2, 0) is 0 Å². The van der Waals surface area contributed by atoms with Crippen molar-refractivity contribution >= 4 is 11.5 Å². The molecule has 2 aliphatic rings. The largest absolute Gasteiger partial charge is 0.355 e. The van der Waals surface area contributed by atoms with Crippen molar-refractivity contribution in [2.24, 2.45) is 5.92 Å². The van der Waals surface area contributed by atoms with Gasteiger partial charge in [-0.1, -0.05) is 0 Å². The van der Waals surface area contributed by atoms with Gasteiger partial charge in [0.2, 0.25) is 0 Å². The van der Waals surface area contributed by atoms with Crippen LogP contribution in [0.25, 0.3) is 5.65 Å². The third-order valence-corrected chi connectivity index (χ3v) is 4.30. The van der Waals surface area contributed by atoms with E-state index in [2.05, 4.69) is 30.7 Å². The second-order valence-electron chi connectivity index (χ2n) is 5.83. The lowest BCUT2D eigenvalue weighted by Gasteiger charge is -2.33. The minimum Gasteiger partial charge on any atom is -0.355 e. The maximum absolute atomic E-state index is 4.23. The summed E-state index contributed by atoms with van der Waals surface area (Å²) in [7, 11) is 0. The molecule has 0 spiro atoms. The first-order valence-corrected chi connectivity index (χ1v) is 7.40. The van der Waals surface area contributed by atoms with E-state index < -0.39 is 0 Å². The summed E-state index contributed by atoms with van der Waals surface area (Å²) >= 11 is 0. The Morgan fingerprint density at radius 1 is 1.15 bits per heavy atom. The average Bonchev–Trinajstić information content (AvgIpc) is 3.20. The number of rotatable bonds is 4. The summed E-state index contributed by atoms with van der Waals surface area (Å²) in [5.41, 5.74) is 0.705. The third kappa shape index (κ3) is 2.33. The molecule has 1 aliphatic heterocycles. The minimum atomic E-state index is 0.660. The lowest BCUT2D eigenvalue weighted by atomic mass is 10.0. The Bertz CT molecular complexity index is 583. The molecule has 0 aromatic carbocycles. The lowest BCUT2D eigenvalue weighted by molar-refractivity contribution is 0.406. The van der Waals surface area contributed by atoms with Crippen LogP contribution in [0.1, 0.15) is 25.7 Å². The number of fused-ring (bicyclic) bond motifs is 1. The number of nitrogens with zero attached hydrogens (tertiary/aromatic N) is 6. The fourth-order valence-corrected chi connectivity index (χ4v) is 2.85. The predicted octanol–water partition coefficient (Wildman–Crippen LogP) is 0.488. The average molecular weight is 273 g/mol. The van der Waals surface area contributed by atoms with Crippen LogP contribution in [0.3, 0.4) is 0 Å². The van der Waals surface area contributed by atoms with Gasteiger partial charge in [-0.3, -0.25) is 4.98 Å². The molecule has 7 nitrogen and oxygen atoms in total. The number of piperidine rings is 1. The Kier molecular flexibility index (Phi) is 2.99. The van der Waals surface area contributed by atoms with Gasteiger partial charge in [0, 0.05) is 19.1 Å². The molecule has 20 heavy (non-hydrogen) atoms. The van der Waals surface area contributed by atoms with Crippen molar-refractivity contribution < 1.29 is 0 Å². The number of anilines is 1. The van der Waals surface area contributed by atoms with Gasteiger partial charge < -0.3 is 10.2 Å². The second-order valence-corrected chi connectivity index (χ2v) is 5.83. The summed E-state index contributed by atoms with van der Waals surface area (Å²) in [5, 5.41) is 15.4. The maximum Gasteiger partial charge on any atom is 0.199 e. The van der Waals surface area contributed by atoms with Gasteiger partial charge in [0.05, 0.1) is 12.4 Å². The van der Waals surface area contributed by atoms with Crippen molar-refractivity contribution in [3.63, 3.8) is 0 Å². The molecule has 7 heteroatoms. The molecule has 0 bridgehead atoms. The fourth-order valence-electron chi connectivity index (χ4n) is 2.85. The van der Waals surface area contributed by atoms with Crippen molar-refractivity contribution in [3.8, 4) is 0 Å². The molecule has 106 valence electrons. The molecule has 1 aliphatic carbocycles. The van der Waals surface area contributed by atoms with E-state index in [0.717, 1.165) is 24.8 Å². The zero-order chi connectivity index (χ0) is 13.4. The summed E-state index contributed by atoms with van der Waals surface area (Å²) in [6.45, 7) is 3.26. The highest BCUT2D eigenvalue weighted by Gasteiger charge is 2.25. The topological polar surface area (TPSA) is 71.2 Å². The molecule has 2 fully saturated rings. The third-order valence-electron chi connectivity index (χ3n) is 4.30. The zero-order valence-corrected chi connectivity index (χ0v) is 11.4. The van der Waals surface area contributed by atoms with Gasteiger partial charge in [0.1, 0.15) is 0 Å². The highest BCUT2D eigenvalue weighted by Crippen LogP contribution is 2.28. The van der Waals surface area contributed by atoms with Gasteiger partial charge in [-0.2, -0.15) is 4.52 Å². The first-order valence-electron chi connectivity index (χ1n) is 7.40. The van der Waals surface area contributed by atoms with Crippen LogP contribution in [-0.4, -0.2) is 50.7 Å². The van der Waals surface area contributed by atoms with Gasteiger partial charge in [0.25, 0.3) is 0 Å². The Morgan fingerprint density at radius 2 is 2.00 bits per heavy atom. The molecule has 0 radical (unpaired) electrons. The van der Waals surface area contributed by atoms with E-state index >= 15 is 0 Å². The van der Waals surface area contributed by atoms with Crippen molar-refractivity contribution in [3.05, 3.63) is 12.4 Å². The summed E-state index contributed by atoms with van der Waals surface area (Å²) in [4.78, 5) is 6.55. The fraction of sp³-hybridized carbons (Fsp3) is 0.692. The standard InChI is InChI=1S/C13H19N7/c1-2-10(1)7-15-11-3-5-19(6-4-11)13-9-14-8-12-16-17-18-20(12)13/h8-11,15H,1-7H2. The van der Waals surface area contributed by atoms with Crippen LogP contribution < -0.4 is 10.2 Å². The van der Waals surface area contributed by atoms with Gasteiger partial charge in [-0.05, 0) is 48.6 Å². The SMILES string of the molecule is c1ncc2nnnn2c1N1CCC(NCC2CC2)CC1. The molecule has 1 saturated carbocycles. The lowest BCUT2D eigenvalue weighted by Crippen LogP contribution is -2.43. The van der Waals surface area contributed by atoms with E-state index in [4.69, 9.17) is 0 Å². The highest BCUT2D eigenvalue weighted by atomic mass is 15.5. The van der Waals surface area contributed by atoms with Crippen molar-refractivity contribution in [1.82, 2.24) is 30.3 Å². The highest BCUT2D eigenvalue weighted by molar-refractivity contribution is 5.46. The zero-order valence-electron chi connectivity index (χ0n) is 11.4. The minimum absolute atomic E-state index is 0.660. The van der Waals surface area contributed by atoms with Crippen LogP contribution in [0.15, 0.2) is 12.4 Å². The molecule has 1 N–H and O–H groups in total. The molecule has 1 saturated heterocycles. The smallest absolute Gasteiger partial charge is 0.199 e. The Hall–Kier alpha value is -1.76. The second kappa shape index (κ2) is 4.97. The van der Waals surface area contributed by atoms with E-state index in [1.165, 1.54) is 32.2 Å². The number of aromatic nitrogens is 5. The van der Waals surface area contributed by atoms with Gasteiger partial charge >= 0.3 is 0 Å². The molecular weight excluding hydrogens is 254 g/mol. The van der Waals surface area contributed by atoms with Gasteiger partial charge in [0.15, 0.2) is 11.5 Å². The normalized spacial score (nSPS) is 20.7. The Balaban J connectivity index is 1.41. The van der Waals surface area contributed by atoms with Gasteiger partial charge in [-0.15, -0.1) is 5.10 Å². The Morgan fingerprint density at radius 3 is 2.80 bits per heavy atom. The number of tetrazole rings is 1. The molecule has 0 amide bonds.